The number of anilines is 1. The Kier molecular flexibility index (Phi) is 12.5. The minimum Gasteiger partial charge on any atom is -0.432 e. The lowest BCUT2D eigenvalue weighted by atomic mass is 9.99. The summed E-state index contributed by atoms with van der Waals surface area (Å²) in [6, 6.07) is 0. The van der Waals surface area contributed by atoms with Crippen molar-refractivity contribution in [1.82, 2.24) is 9.55 Å². The van der Waals surface area contributed by atoms with Crippen LogP contribution in [0.2, 0.25) is 0 Å². The first kappa shape index (κ1) is 34.0. The van der Waals surface area contributed by atoms with Gasteiger partial charge >= 0.3 is 25.8 Å². The number of rotatable bonds is 13. The van der Waals surface area contributed by atoms with Crippen LogP contribution in [0.4, 0.5) is 24.2 Å². The third-order valence-corrected chi connectivity index (χ3v) is 7.39. The number of carbonyl (C=O) groups excluding carboxylic acids is 2. The molecular weight excluding hydrogens is 686 g/mol. The molecule has 0 unspecified atom stereocenters. The molecule has 0 aromatic carbocycles. The summed E-state index contributed by atoms with van der Waals surface area (Å²) in [5, 5.41) is 10.6. The Bertz CT molecular complexity index is 1110. The third-order valence-electron chi connectivity index (χ3n) is 4.81. The Labute approximate surface area is 240 Å². The van der Waals surface area contributed by atoms with E-state index in [-0.39, 0.29) is 4.43 Å². The molecule has 3 N–H and O–H groups in total. The predicted molar refractivity (Wildman–Crippen MR) is 136 cm³/mol. The molecular formula is C20H29F2IN3O13P. The molecule has 20 heteroatoms. The van der Waals surface area contributed by atoms with Gasteiger partial charge < -0.3 is 34.5 Å². The number of aromatic nitrogens is 2. The van der Waals surface area contributed by atoms with Crippen molar-refractivity contribution < 1.29 is 65.3 Å². The molecule has 40 heavy (non-hydrogen) atoms. The number of nitrogen functional groups attached to an aromatic ring is 1. The van der Waals surface area contributed by atoms with E-state index in [1.807, 2.05) is 0 Å². The molecule has 0 aliphatic carbocycles. The second kappa shape index (κ2) is 14.6. The first-order chi connectivity index (χ1) is 18.6. The monoisotopic (exact) mass is 715 g/mol. The Morgan fingerprint density at radius 1 is 1.18 bits per heavy atom. The van der Waals surface area contributed by atoms with Gasteiger partial charge in [-0.3, -0.25) is 9.09 Å². The number of halogens is 3. The van der Waals surface area contributed by atoms with Gasteiger partial charge in [-0.2, -0.15) is 4.98 Å². The maximum Gasteiger partial charge on any atom is 0.510 e. The fourth-order valence-corrected chi connectivity index (χ4v) is 4.79. The maximum atomic E-state index is 15.1. The van der Waals surface area contributed by atoms with Crippen LogP contribution in [0.1, 0.15) is 33.9 Å². The zero-order valence-electron chi connectivity index (χ0n) is 21.7. The Morgan fingerprint density at radius 3 is 2.17 bits per heavy atom. The highest BCUT2D eigenvalue weighted by atomic mass is 127. The van der Waals surface area contributed by atoms with E-state index in [0.29, 0.717) is 10.8 Å². The smallest absolute Gasteiger partial charge is 0.432 e. The van der Waals surface area contributed by atoms with E-state index in [0.717, 1.165) is 0 Å². The molecule has 4 atom stereocenters. The lowest BCUT2D eigenvalue weighted by Gasteiger charge is -2.30. The summed E-state index contributed by atoms with van der Waals surface area (Å²) >= 11 is 1.69. The van der Waals surface area contributed by atoms with E-state index < -0.39 is 94.0 Å². The standard InChI is InChI=1S/C20H29F2IN3O13P/c1-10(2)37-18(29)32-8-35-40(31,36-9-33-19(30)38-11(3)4)34-7-20(6-23)14(27)13(22)16(39-20)26-5-12(21)15(24)25-17(26)28/h5,10-11,13-14,16,27H,6-9H2,1-4H3,(H2,24,25,28)/t13-,14-,16+,20+/m0/s1. The highest BCUT2D eigenvalue weighted by molar-refractivity contribution is 14.1. The number of phosphoric acid groups is 1. The van der Waals surface area contributed by atoms with Gasteiger partial charge in [0.1, 0.15) is 11.7 Å². The SMILES string of the molecule is CC(C)OC(=O)OCOP(=O)(OCOC(=O)OC(C)C)OC[C@@]1(CI)O[C@@H](n2cc(F)c(N)nc2=O)[C@@H](F)[C@@H]1O. The summed E-state index contributed by atoms with van der Waals surface area (Å²) in [6.07, 6.45) is -9.12. The average Bonchev–Trinajstić information content (AvgIpc) is 3.10. The van der Waals surface area contributed by atoms with Gasteiger partial charge in [0.25, 0.3) is 0 Å². The lowest BCUT2D eigenvalue weighted by Crippen LogP contribution is -2.47. The highest BCUT2D eigenvalue weighted by Crippen LogP contribution is 2.52. The number of phosphoric ester groups is 1. The van der Waals surface area contributed by atoms with Gasteiger partial charge in [-0.15, -0.1) is 0 Å². The van der Waals surface area contributed by atoms with Crippen LogP contribution in [0, 0.1) is 5.82 Å². The van der Waals surface area contributed by atoms with Crippen molar-refractivity contribution in [2.24, 2.45) is 0 Å². The fourth-order valence-electron chi connectivity index (χ4n) is 2.97. The van der Waals surface area contributed by atoms with Gasteiger partial charge in [0.15, 0.2) is 24.0 Å². The molecule has 1 saturated heterocycles. The molecule has 1 aliphatic heterocycles. The van der Waals surface area contributed by atoms with Crippen molar-refractivity contribution in [2.75, 3.05) is 30.4 Å². The van der Waals surface area contributed by atoms with Crippen molar-refractivity contribution in [2.45, 2.75) is 64.0 Å². The van der Waals surface area contributed by atoms with Crippen LogP contribution in [-0.2, 0) is 41.8 Å². The Hall–Kier alpha value is -2.16. The van der Waals surface area contributed by atoms with E-state index in [2.05, 4.69) is 14.5 Å². The van der Waals surface area contributed by atoms with Crippen molar-refractivity contribution in [3.63, 3.8) is 0 Å². The van der Waals surface area contributed by atoms with Gasteiger partial charge in [-0.25, -0.2) is 36.8 Å². The topological polar surface area (TPSA) is 206 Å². The number of hydrogen-bond acceptors (Lipinski definition) is 15. The number of nitrogens with two attached hydrogens (primary N) is 1. The van der Waals surface area contributed by atoms with Crippen LogP contribution in [-0.4, -0.2) is 81.7 Å². The van der Waals surface area contributed by atoms with Crippen LogP contribution in [0.15, 0.2) is 11.0 Å². The number of aliphatic hydroxyl groups is 1. The van der Waals surface area contributed by atoms with Gasteiger partial charge in [0.2, 0.25) is 13.6 Å². The van der Waals surface area contributed by atoms with Gasteiger partial charge in [-0.1, -0.05) is 22.6 Å². The highest BCUT2D eigenvalue weighted by Gasteiger charge is 2.57. The molecule has 1 aromatic rings. The van der Waals surface area contributed by atoms with E-state index >= 15 is 4.39 Å². The molecule has 0 spiro atoms. The minimum atomic E-state index is -4.81. The van der Waals surface area contributed by atoms with Gasteiger partial charge in [0.05, 0.1) is 25.0 Å². The molecule has 1 fully saturated rings. The number of ether oxygens (including phenoxy) is 5. The first-order valence-corrected chi connectivity index (χ1v) is 14.4. The number of aliphatic hydroxyl groups excluding tert-OH is 1. The molecule has 2 rings (SSSR count). The van der Waals surface area contributed by atoms with E-state index in [1.54, 1.807) is 22.6 Å². The summed E-state index contributed by atoms with van der Waals surface area (Å²) in [4.78, 5) is 38.6. The molecule has 0 radical (unpaired) electrons. The molecule has 1 aromatic heterocycles. The summed E-state index contributed by atoms with van der Waals surface area (Å²) in [5.74, 6) is -1.88. The molecule has 1 aliphatic rings. The van der Waals surface area contributed by atoms with E-state index in [1.165, 1.54) is 27.7 Å². The van der Waals surface area contributed by atoms with Crippen LogP contribution >= 0.6 is 30.4 Å². The van der Waals surface area contributed by atoms with Crippen molar-refractivity contribution in [3.05, 3.63) is 22.5 Å². The summed E-state index contributed by atoms with van der Waals surface area (Å²) in [6.45, 7) is 3.20. The normalized spacial score (nSPS) is 22.9. The number of alkyl halides is 2. The number of carbonyl (C=O) groups is 2. The van der Waals surface area contributed by atoms with Crippen LogP contribution < -0.4 is 11.4 Å². The molecule has 16 nitrogen and oxygen atoms in total. The molecule has 0 bridgehead atoms. The summed E-state index contributed by atoms with van der Waals surface area (Å²) in [7, 11) is -4.81. The molecule has 228 valence electrons. The van der Waals surface area contributed by atoms with Crippen molar-refractivity contribution >= 4 is 48.5 Å². The van der Waals surface area contributed by atoms with Crippen molar-refractivity contribution in [1.29, 1.82) is 0 Å². The quantitative estimate of drug-likeness (QED) is 0.0990. The largest absolute Gasteiger partial charge is 0.510 e. The zero-order valence-corrected chi connectivity index (χ0v) is 24.7. The van der Waals surface area contributed by atoms with Crippen LogP contribution in [0.3, 0.4) is 0 Å². The van der Waals surface area contributed by atoms with E-state index in [9.17, 15) is 28.4 Å². The van der Waals surface area contributed by atoms with E-state index in [4.69, 9.17) is 33.5 Å². The second-order valence-corrected chi connectivity index (χ2v) is 11.0. The average molecular weight is 715 g/mol. The van der Waals surface area contributed by atoms with Crippen molar-refractivity contribution in [3.8, 4) is 0 Å². The second-order valence-electron chi connectivity index (χ2n) is 8.60. The number of nitrogens with zero attached hydrogens (tertiary/aromatic N) is 2. The van der Waals surface area contributed by atoms with Crippen LogP contribution in [0.25, 0.3) is 0 Å². The van der Waals surface area contributed by atoms with Crippen LogP contribution in [0.5, 0.6) is 0 Å². The number of hydrogen-bond donors (Lipinski definition) is 2. The third kappa shape index (κ3) is 9.18. The minimum absolute atomic E-state index is 0.225. The molecule has 0 amide bonds. The molecule has 2 heterocycles. The predicted octanol–water partition coefficient (Wildman–Crippen LogP) is 2.56. The Balaban J connectivity index is 2.19. The lowest BCUT2D eigenvalue weighted by molar-refractivity contribution is -0.117. The maximum absolute atomic E-state index is 15.1. The summed E-state index contributed by atoms with van der Waals surface area (Å²) in [5.41, 5.74) is 2.08. The summed E-state index contributed by atoms with van der Waals surface area (Å²) < 4.78 is 81.8. The Morgan fingerprint density at radius 2 is 1.70 bits per heavy atom. The zero-order chi connectivity index (χ0) is 30.3. The van der Waals surface area contributed by atoms with Gasteiger partial charge in [0, 0.05) is 4.43 Å². The fraction of sp³-hybridized carbons (Fsp3) is 0.700. The molecule has 0 saturated carbocycles. The van der Waals surface area contributed by atoms with Gasteiger partial charge in [-0.05, 0) is 27.7 Å². The first-order valence-electron chi connectivity index (χ1n) is 11.4.